The zero-order valence-electron chi connectivity index (χ0n) is 17.8. The number of rotatable bonds is 7. The zero-order valence-corrected chi connectivity index (χ0v) is 19.4. The molecule has 0 spiro atoms. The molecule has 2 N–H and O–H groups in total. The first-order chi connectivity index (χ1) is 15.6. The fourth-order valence-corrected chi connectivity index (χ4v) is 6.23. The lowest BCUT2D eigenvalue weighted by Crippen LogP contribution is -2.28. The molecule has 5 rings (SSSR count). The van der Waals surface area contributed by atoms with Crippen molar-refractivity contribution >= 4 is 44.9 Å². The van der Waals surface area contributed by atoms with Crippen LogP contribution in [-0.4, -0.2) is 36.2 Å². The molecule has 1 atom stereocenters. The van der Waals surface area contributed by atoms with E-state index < -0.39 is 0 Å². The Morgan fingerprint density at radius 3 is 3.09 bits per heavy atom. The second kappa shape index (κ2) is 9.03. The van der Waals surface area contributed by atoms with Gasteiger partial charge in [0.2, 0.25) is 5.91 Å². The molecule has 166 valence electrons. The van der Waals surface area contributed by atoms with Crippen LogP contribution in [0.5, 0.6) is 0 Å². The van der Waals surface area contributed by atoms with Crippen molar-refractivity contribution in [3.8, 4) is 0 Å². The van der Waals surface area contributed by atoms with Gasteiger partial charge in [0.25, 0.3) is 5.56 Å². The van der Waals surface area contributed by atoms with Gasteiger partial charge >= 0.3 is 0 Å². The monoisotopic (exact) mass is 468 g/mol. The number of thioether (sulfide) groups is 1. The molecule has 0 fully saturated rings. The van der Waals surface area contributed by atoms with Crippen LogP contribution in [0, 0.1) is 0 Å². The van der Waals surface area contributed by atoms with E-state index in [9.17, 15) is 9.59 Å². The van der Waals surface area contributed by atoms with E-state index in [0.717, 1.165) is 35.1 Å². The van der Waals surface area contributed by atoms with Gasteiger partial charge in [-0.05, 0) is 50.3 Å². The maximum absolute atomic E-state index is 12.6. The number of carbonyl (C=O) groups excluding carboxylic acids is 1. The lowest BCUT2D eigenvalue weighted by Gasteiger charge is -2.12. The van der Waals surface area contributed by atoms with E-state index in [-0.39, 0.29) is 17.5 Å². The number of hydrogen-bond donors (Lipinski definition) is 2. The number of nitrogens with one attached hydrogen (secondary N) is 2. The summed E-state index contributed by atoms with van der Waals surface area (Å²) in [6.45, 7) is 1.90. The van der Waals surface area contributed by atoms with Gasteiger partial charge in [-0.2, -0.15) is 11.8 Å². The van der Waals surface area contributed by atoms with Gasteiger partial charge in [0.1, 0.15) is 10.7 Å². The minimum Gasteiger partial charge on any atom is -0.346 e. The Balaban J connectivity index is 1.15. The predicted molar refractivity (Wildman–Crippen MR) is 127 cm³/mol. The molecule has 0 bridgehead atoms. The topological polar surface area (TPSA) is 105 Å². The highest BCUT2D eigenvalue weighted by Gasteiger charge is 2.20. The minimum absolute atomic E-state index is 0.0305. The lowest BCUT2D eigenvalue weighted by atomic mass is 9.97. The summed E-state index contributed by atoms with van der Waals surface area (Å²) in [5.41, 5.74) is 1.93. The molecule has 10 heteroatoms. The van der Waals surface area contributed by atoms with Crippen molar-refractivity contribution in [2.75, 3.05) is 5.75 Å². The van der Waals surface area contributed by atoms with E-state index in [0.29, 0.717) is 29.6 Å². The van der Waals surface area contributed by atoms with E-state index in [1.807, 2.05) is 35.7 Å². The van der Waals surface area contributed by atoms with Crippen molar-refractivity contribution in [2.45, 2.75) is 50.8 Å². The smallest absolute Gasteiger partial charge is 0.259 e. The highest BCUT2D eigenvalue weighted by molar-refractivity contribution is 7.98. The number of hydrogen-bond acceptors (Lipinski definition) is 7. The summed E-state index contributed by atoms with van der Waals surface area (Å²) in [6.07, 6.45) is 6.63. The number of nitrogens with zero attached hydrogens (tertiary/aromatic N) is 4. The number of aryl methyl sites for hydroxylation is 2. The number of H-pyrrole nitrogens is 1. The fraction of sp³-hybridized carbons (Fsp3) is 0.409. The Kier molecular flexibility index (Phi) is 5.97. The Labute approximate surface area is 192 Å². The second-order valence-corrected chi connectivity index (χ2v) is 10.2. The van der Waals surface area contributed by atoms with Gasteiger partial charge in [0.05, 0.1) is 17.2 Å². The van der Waals surface area contributed by atoms with E-state index in [1.54, 1.807) is 23.1 Å². The minimum atomic E-state index is -0.241. The molecule has 1 aliphatic carbocycles. The van der Waals surface area contributed by atoms with Crippen LogP contribution in [0.15, 0.2) is 29.2 Å². The number of carbonyl (C=O) groups is 1. The molecule has 4 heterocycles. The Bertz CT molecular complexity index is 1340. The molecule has 4 aromatic heterocycles. The molecule has 32 heavy (non-hydrogen) atoms. The van der Waals surface area contributed by atoms with Crippen molar-refractivity contribution in [3.05, 3.63) is 56.8 Å². The van der Waals surface area contributed by atoms with Crippen molar-refractivity contribution in [1.82, 2.24) is 29.9 Å². The van der Waals surface area contributed by atoms with Gasteiger partial charge in [0, 0.05) is 23.2 Å². The molecule has 1 aliphatic rings. The maximum Gasteiger partial charge on any atom is 0.259 e. The highest BCUT2D eigenvalue weighted by Crippen LogP contribution is 2.33. The third-order valence-corrected chi connectivity index (χ3v) is 7.85. The van der Waals surface area contributed by atoms with E-state index >= 15 is 0 Å². The lowest BCUT2D eigenvalue weighted by molar-refractivity contribution is -0.121. The molecule has 0 radical (unpaired) electrons. The molecule has 8 nitrogen and oxygen atoms in total. The molecule has 1 unspecified atom stereocenters. The molecule has 0 saturated carbocycles. The third kappa shape index (κ3) is 4.16. The predicted octanol–water partition coefficient (Wildman–Crippen LogP) is 3.41. The van der Waals surface area contributed by atoms with Gasteiger partial charge in [0.15, 0.2) is 11.5 Å². The fourth-order valence-electron chi connectivity index (χ4n) is 4.14. The molecule has 4 aromatic rings. The van der Waals surface area contributed by atoms with E-state index in [1.165, 1.54) is 16.9 Å². The quantitative estimate of drug-likeness (QED) is 0.403. The van der Waals surface area contributed by atoms with Gasteiger partial charge in [-0.25, -0.2) is 4.98 Å². The first-order valence-electron chi connectivity index (χ1n) is 10.8. The van der Waals surface area contributed by atoms with Crippen molar-refractivity contribution in [2.24, 2.45) is 0 Å². The van der Waals surface area contributed by atoms with Crippen LogP contribution in [0.1, 0.15) is 54.3 Å². The first-order valence-corrected chi connectivity index (χ1v) is 12.8. The van der Waals surface area contributed by atoms with E-state index in [2.05, 4.69) is 20.5 Å². The summed E-state index contributed by atoms with van der Waals surface area (Å²) in [4.78, 5) is 34.8. The number of thiophene rings is 1. The zero-order chi connectivity index (χ0) is 22.1. The van der Waals surface area contributed by atoms with Gasteiger partial charge in [-0.1, -0.05) is 6.07 Å². The van der Waals surface area contributed by atoms with E-state index in [4.69, 9.17) is 4.98 Å². The largest absolute Gasteiger partial charge is 0.346 e. The van der Waals surface area contributed by atoms with Gasteiger partial charge < -0.3 is 10.3 Å². The second-order valence-electron chi connectivity index (χ2n) is 7.98. The van der Waals surface area contributed by atoms with Gasteiger partial charge in [-0.15, -0.1) is 21.5 Å². The highest BCUT2D eigenvalue weighted by atomic mass is 32.2. The van der Waals surface area contributed by atoms with Gasteiger partial charge in [-0.3, -0.25) is 14.0 Å². The van der Waals surface area contributed by atoms with Crippen LogP contribution < -0.4 is 10.9 Å². The van der Waals surface area contributed by atoms with Crippen LogP contribution in [0.4, 0.5) is 0 Å². The van der Waals surface area contributed by atoms with Crippen LogP contribution in [-0.2, 0) is 23.4 Å². The summed E-state index contributed by atoms with van der Waals surface area (Å²) in [7, 11) is 0. The van der Waals surface area contributed by atoms with Crippen LogP contribution in [0.2, 0.25) is 0 Å². The molecule has 0 saturated heterocycles. The average molecular weight is 469 g/mol. The normalized spacial score (nSPS) is 14.5. The number of fused-ring (bicyclic) bond motifs is 4. The van der Waals surface area contributed by atoms with Crippen molar-refractivity contribution in [3.63, 3.8) is 0 Å². The molecular weight excluding hydrogens is 444 g/mol. The number of aromatic nitrogens is 5. The standard InChI is InChI=1S/C22H24N6O2S2/c1-13(20-27-26-17-8-4-5-10-28(17)20)23-18(29)9-11-31-12-16-24-21(30)19-14-6-2-3-7-15(14)32-22(19)25-16/h4-5,8,10,13H,2-3,6-7,9,11-12H2,1H3,(H,23,29)(H,24,25,30). The number of pyridine rings is 1. The SMILES string of the molecule is CC(NC(=O)CCSCc1nc2sc3c(c2c(=O)[nH]1)CCCC3)c1nnc2ccccn12. The molecule has 0 aliphatic heterocycles. The summed E-state index contributed by atoms with van der Waals surface area (Å²) in [5.74, 6) is 2.55. The van der Waals surface area contributed by atoms with Crippen molar-refractivity contribution < 1.29 is 4.79 Å². The van der Waals surface area contributed by atoms with Crippen LogP contribution in [0.25, 0.3) is 15.9 Å². The maximum atomic E-state index is 12.6. The summed E-state index contributed by atoms with van der Waals surface area (Å²) in [6, 6.07) is 5.45. The van der Waals surface area contributed by atoms with Crippen LogP contribution in [0.3, 0.4) is 0 Å². The number of aromatic amines is 1. The molecule has 1 amide bonds. The molecular formula is C22H24N6O2S2. The summed E-state index contributed by atoms with van der Waals surface area (Å²) < 4.78 is 1.88. The Hall–Kier alpha value is -2.72. The third-order valence-electron chi connectivity index (χ3n) is 5.69. The summed E-state index contributed by atoms with van der Waals surface area (Å²) >= 11 is 3.25. The Morgan fingerprint density at radius 2 is 2.19 bits per heavy atom. The molecule has 0 aromatic carbocycles. The van der Waals surface area contributed by atoms with Crippen LogP contribution >= 0.6 is 23.1 Å². The number of amides is 1. The Morgan fingerprint density at radius 1 is 1.31 bits per heavy atom. The average Bonchev–Trinajstić information content (AvgIpc) is 3.38. The summed E-state index contributed by atoms with van der Waals surface area (Å²) in [5, 5.41) is 12.1. The first kappa shape index (κ1) is 21.1. The van der Waals surface area contributed by atoms with Crippen molar-refractivity contribution in [1.29, 1.82) is 0 Å².